The fourth-order valence-electron chi connectivity index (χ4n) is 4.08. The van der Waals surface area contributed by atoms with Crippen molar-refractivity contribution in [3.8, 4) is 0 Å². The maximum atomic E-state index is 12.5. The molecule has 1 aromatic carbocycles. The zero-order valence-electron chi connectivity index (χ0n) is 13.5. The summed E-state index contributed by atoms with van der Waals surface area (Å²) in [6.07, 6.45) is 3.87. The second-order valence-electron chi connectivity index (χ2n) is 6.39. The molecule has 3 rings (SSSR count). The molecule has 1 aromatic rings. The van der Waals surface area contributed by atoms with Gasteiger partial charge in [-0.3, -0.25) is 4.79 Å². The van der Waals surface area contributed by atoms with Crippen LogP contribution in [0, 0.1) is 5.41 Å². The minimum Gasteiger partial charge on any atom is -0.469 e. The van der Waals surface area contributed by atoms with Crippen molar-refractivity contribution in [1.82, 2.24) is 4.90 Å². The Kier molecular flexibility index (Phi) is 4.55. The van der Waals surface area contributed by atoms with E-state index in [1.54, 1.807) is 4.90 Å². The highest BCUT2D eigenvalue weighted by Gasteiger charge is 2.55. The van der Waals surface area contributed by atoms with Gasteiger partial charge in [0, 0.05) is 6.54 Å². The molecule has 2 aliphatic rings. The van der Waals surface area contributed by atoms with Crippen LogP contribution in [0.15, 0.2) is 30.3 Å². The summed E-state index contributed by atoms with van der Waals surface area (Å²) >= 11 is 0. The summed E-state index contributed by atoms with van der Waals surface area (Å²) in [7, 11) is 1.43. The lowest BCUT2D eigenvalue weighted by atomic mass is 9.75. The number of hydrogen-bond donors (Lipinski definition) is 0. The first-order valence-electron chi connectivity index (χ1n) is 8.23. The Hall–Kier alpha value is -2.04. The third-order valence-corrected chi connectivity index (χ3v) is 5.17. The number of carbonyl (C=O) groups excluding carboxylic acids is 2. The summed E-state index contributed by atoms with van der Waals surface area (Å²) in [5.41, 5.74) is 0.433. The molecule has 1 aliphatic carbocycles. The topological polar surface area (TPSA) is 55.8 Å². The quantitative estimate of drug-likeness (QED) is 0.804. The number of rotatable bonds is 3. The van der Waals surface area contributed by atoms with Crippen LogP contribution < -0.4 is 0 Å². The standard InChI is InChI=1S/C18H23NO4/c1-22-16(20)18-10-5-9-15(18)19(12-6-11-18)17(21)23-13-14-7-3-2-4-8-14/h2-4,7-8,15H,5-6,9-13H2,1H3. The summed E-state index contributed by atoms with van der Waals surface area (Å²) in [5, 5.41) is 0. The number of benzene rings is 1. The largest absolute Gasteiger partial charge is 0.469 e. The SMILES string of the molecule is COC(=O)C12CCCC1N(C(=O)OCc1ccccc1)CCC2. The first-order chi connectivity index (χ1) is 11.2. The van der Waals surface area contributed by atoms with Crippen LogP contribution in [0.3, 0.4) is 0 Å². The molecule has 0 N–H and O–H groups in total. The minimum absolute atomic E-state index is 0.0908. The Labute approximate surface area is 136 Å². The van der Waals surface area contributed by atoms with E-state index in [0.29, 0.717) is 6.54 Å². The predicted octanol–water partition coefficient (Wildman–Crippen LogP) is 3.13. The van der Waals surface area contributed by atoms with E-state index in [4.69, 9.17) is 9.47 Å². The number of carbonyl (C=O) groups is 2. The van der Waals surface area contributed by atoms with E-state index in [1.807, 2.05) is 30.3 Å². The lowest BCUT2D eigenvalue weighted by Crippen LogP contribution is -2.55. The first kappa shape index (κ1) is 15.8. The Bertz CT molecular complexity index is 574. The van der Waals surface area contributed by atoms with Crippen LogP contribution in [0.1, 0.15) is 37.7 Å². The van der Waals surface area contributed by atoms with Crippen molar-refractivity contribution in [3.05, 3.63) is 35.9 Å². The number of esters is 1. The predicted molar refractivity (Wildman–Crippen MR) is 84.7 cm³/mol. The van der Waals surface area contributed by atoms with E-state index in [1.165, 1.54) is 7.11 Å². The summed E-state index contributed by atoms with van der Waals surface area (Å²) < 4.78 is 10.5. The van der Waals surface area contributed by atoms with Gasteiger partial charge in [-0.25, -0.2) is 4.79 Å². The highest BCUT2D eigenvalue weighted by Crippen LogP contribution is 2.48. The minimum atomic E-state index is -0.529. The smallest absolute Gasteiger partial charge is 0.410 e. The van der Waals surface area contributed by atoms with E-state index < -0.39 is 5.41 Å². The molecule has 0 radical (unpaired) electrons. The zero-order chi connectivity index (χ0) is 16.3. The number of piperidine rings is 1. The van der Waals surface area contributed by atoms with E-state index >= 15 is 0 Å². The molecule has 1 saturated carbocycles. The number of amides is 1. The maximum absolute atomic E-state index is 12.5. The molecule has 0 spiro atoms. The number of methoxy groups -OCH3 is 1. The molecule has 0 bridgehead atoms. The highest BCUT2D eigenvalue weighted by atomic mass is 16.6. The van der Waals surface area contributed by atoms with Crippen LogP contribution in [0.5, 0.6) is 0 Å². The van der Waals surface area contributed by atoms with Crippen molar-refractivity contribution < 1.29 is 19.1 Å². The normalized spacial score (nSPS) is 26.5. The zero-order valence-corrected chi connectivity index (χ0v) is 13.5. The van der Waals surface area contributed by atoms with E-state index in [-0.39, 0.29) is 24.7 Å². The van der Waals surface area contributed by atoms with Gasteiger partial charge in [-0.2, -0.15) is 0 Å². The van der Waals surface area contributed by atoms with Gasteiger partial charge in [0.25, 0.3) is 0 Å². The van der Waals surface area contributed by atoms with Gasteiger partial charge in [0.2, 0.25) is 0 Å². The van der Waals surface area contributed by atoms with Crippen molar-refractivity contribution >= 4 is 12.1 Å². The molecule has 124 valence electrons. The molecule has 23 heavy (non-hydrogen) atoms. The summed E-state index contributed by atoms with van der Waals surface area (Å²) in [5.74, 6) is -0.180. The van der Waals surface area contributed by atoms with Gasteiger partial charge in [-0.1, -0.05) is 36.8 Å². The molecule has 5 nitrogen and oxygen atoms in total. The molecule has 1 heterocycles. The number of fused-ring (bicyclic) bond motifs is 1. The van der Waals surface area contributed by atoms with Gasteiger partial charge in [0.1, 0.15) is 6.61 Å². The van der Waals surface area contributed by atoms with E-state index in [0.717, 1.165) is 37.7 Å². The summed E-state index contributed by atoms with van der Waals surface area (Å²) in [6.45, 7) is 0.908. The van der Waals surface area contributed by atoms with Crippen molar-refractivity contribution in [2.45, 2.75) is 44.8 Å². The van der Waals surface area contributed by atoms with Crippen LogP contribution in [0.2, 0.25) is 0 Å². The Morgan fingerprint density at radius 3 is 2.70 bits per heavy atom. The Morgan fingerprint density at radius 2 is 1.96 bits per heavy atom. The van der Waals surface area contributed by atoms with Crippen LogP contribution in [0.25, 0.3) is 0 Å². The lowest BCUT2D eigenvalue weighted by molar-refractivity contribution is -0.158. The molecule has 5 heteroatoms. The second-order valence-corrected chi connectivity index (χ2v) is 6.39. The number of nitrogens with zero attached hydrogens (tertiary/aromatic N) is 1. The maximum Gasteiger partial charge on any atom is 0.410 e. The molecule has 2 fully saturated rings. The second kappa shape index (κ2) is 6.60. The van der Waals surface area contributed by atoms with Gasteiger partial charge in [0.05, 0.1) is 18.6 Å². The van der Waals surface area contributed by atoms with Gasteiger partial charge in [0.15, 0.2) is 0 Å². The fraction of sp³-hybridized carbons (Fsp3) is 0.556. The number of ether oxygens (including phenoxy) is 2. The van der Waals surface area contributed by atoms with Crippen LogP contribution in [0.4, 0.5) is 4.79 Å². The van der Waals surface area contributed by atoms with Gasteiger partial charge in [-0.05, 0) is 31.2 Å². The monoisotopic (exact) mass is 317 g/mol. The molecule has 0 aromatic heterocycles. The molecular formula is C18H23NO4. The van der Waals surface area contributed by atoms with E-state index in [9.17, 15) is 9.59 Å². The summed E-state index contributed by atoms with van der Waals surface area (Å²) in [6, 6.07) is 9.54. The third-order valence-electron chi connectivity index (χ3n) is 5.17. The lowest BCUT2D eigenvalue weighted by Gasteiger charge is -2.43. The first-order valence-corrected chi connectivity index (χ1v) is 8.23. The van der Waals surface area contributed by atoms with Crippen LogP contribution >= 0.6 is 0 Å². The Balaban J connectivity index is 1.69. The highest BCUT2D eigenvalue weighted by molar-refractivity contribution is 5.80. The summed E-state index contributed by atoms with van der Waals surface area (Å²) in [4.78, 5) is 26.6. The molecule has 1 amide bonds. The molecular weight excluding hydrogens is 294 g/mol. The number of likely N-dealkylation sites (tertiary alicyclic amines) is 1. The fourth-order valence-corrected chi connectivity index (χ4v) is 4.08. The van der Waals surface area contributed by atoms with Gasteiger partial charge in [-0.15, -0.1) is 0 Å². The van der Waals surface area contributed by atoms with Crippen molar-refractivity contribution in [1.29, 1.82) is 0 Å². The third kappa shape index (κ3) is 2.92. The molecule has 2 unspecified atom stereocenters. The van der Waals surface area contributed by atoms with Gasteiger partial charge < -0.3 is 14.4 Å². The average Bonchev–Trinajstić information content (AvgIpc) is 3.05. The van der Waals surface area contributed by atoms with Crippen molar-refractivity contribution in [2.24, 2.45) is 5.41 Å². The molecule has 2 atom stereocenters. The van der Waals surface area contributed by atoms with Crippen molar-refractivity contribution in [2.75, 3.05) is 13.7 Å². The van der Waals surface area contributed by atoms with Crippen LogP contribution in [-0.4, -0.2) is 36.7 Å². The van der Waals surface area contributed by atoms with Gasteiger partial charge >= 0.3 is 12.1 Å². The van der Waals surface area contributed by atoms with Crippen molar-refractivity contribution in [3.63, 3.8) is 0 Å². The van der Waals surface area contributed by atoms with Crippen LogP contribution in [-0.2, 0) is 20.9 Å². The Morgan fingerprint density at radius 1 is 1.22 bits per heavy atom. The number of hydrogen-bond acceptors (Lipinski definition) is 4. The average molecular weight is 317 g/mol. The van der Waals surface area contributed by atoms with E-state index in [2.05, 4.69) is 0 Å². The molecule has 1 saturated heterocycles. The molecule has 1 aliphatic heterocycles.